The fourth-order valence-electron chi connectivity index (χ4n) is 3.60. The van der Waals surface area contributed by atoms with E-state index in [0.717, 1.165) is 6.42 Å². The molecule has 2 atom stereocenters. The largest absolute Gasteiger partial charge is 0.389 e. The van der Waals surface area contributed by atoms with Gasteiger partial charge < -0.3 is 9.80 Å². The molecule has 0 N–H and O–H groups in total. The van der Waals surface area contributed by atoms with Crippen molar-refractivity contribution in [1.82, 2.24) is 14.8 Å². The van der Waals surface area contributed by atoms with Crippen LogP contribution in [-0.2, 0) is 4.79 Å². The molecule has 2 bridgehead atoms. The number of rotatable bonds is 3. The van der Waals surface area contributed by atoms with Crippen molar-refractivity contribution in [3.8, 4) is 0 Å². The van der Waals surface area contributed by atoms with E-state index in [9.17, 15) is 22.8 Å². The molecule has 2 amide bonds. The molecule has 0 aromatic carbocycles. The summed E-state index contributed by atoms with van der Waals surface area (Å²) in [5, 5.41) is 0. The zero-order valence-electron chi connectivity index (χ0n) is 13.7. The van der Waals surface area contributed by atoms with Gasteiger partial charge in [0.15, 0.2) is 0 Å². The minimum absolute atomic E-state index is 0.0984. The predicted molar refractivity (Wildman–Crippen MR) is 83.7 cm³/mol. The monoisotopic (exact) mass is 355 g/mol. The molecule has 0 aliphatic carbocycles. The Labute approximate surface area is 143 Å². The van der Waals surface area contributed by atoms with E-state index in [4.69, 9.17) is 0 Å². The van der Waals surface area contributed by atoms with Crippen LogP contribution in [0.15, 0.2) is 24.4 Å². The molecular formula is C17H20F3N3O2. The number of carbonyl (C=O) groups excluding carboxylic acids is 2. The quantitative estimate of drug-likeness (QED) is 0.837. The van der Waals surface area contributed by atoms with E-state index >= 15 is 0 Å². The van der Waals surface area contributed by atoms with E-state index in [2.05, 4.69) is 4.98 Å². The summed E-state index contributed by atoms with van der Waals surface area (Å²) in [4.78, 5) is 32.2. The highest BCUT2D eigenvalue weighted by atomic mass is 19.4. The van der Waals surface area contributed by atoms with E-state index in [1.165, 1.54) is 0 Å². The molecule has 3 aliphatic rings. The van der Waals surface area contributed by atoms with Crippen LogP contribution in [0.5, 0.6) is 0 Å². The summed E-state index contributed by atoms with van der Waals surface area (Å²) in [6, 6.07) is 4.89. The number of fused-ring (bicyclic) bond motifs is 4. The molecular weight excluding hydrogens is 335 g/mol. The molecule has 25 heavy (non-hydrogen) atoms. The van der Waals surface area contributed by atoms with E-state index in [1.807, 2.05) is 0 Å². The third-order valence-corrected chi connectivity index (χ3v) is 4.83. The fourth-order valence-corrected chi connectivity index (χ4v) is 3.60. The summed E-state index contributed by atoms with van der Waals surface area (Å²) in [5.74, 6) is -0.567. The van der Waals surface area contributed by atoms with Crippen molar-refractivity contribution in [3.63, 3.8) is 0 Å². The highest BCUT2D eigenvalue weighted by Gasteiger charge is 2.39. The van der Waals surface area contributed by atoms with Crippen LogP contribution in [-0.4, -0.2) is 58.5 Å². The number of alkyl halides is 3. The third-order valence-electron chi connectivity index (χ3n) is 4.83. The van der Waals surface area contributed by atoms with Gasteiger partial charge in [0.2, 0.25) is 5.91 Å². The van der Waals surface area contributed by atoms with Crippen molar-refractivity contribution in [3.05, 3.63) is 30.1 Å². The number of halogens is 3. The van der Waals surface area contributed by atoms with Gasteiger partial charge >= 0.3 is 6.18 Å². The Kier molecular flexibility index (Phi) is 4.96. The molecule has 136 valence electrons. The molecule has 4 rings (SSSR count). The van der Waals surface area contributed by atoms with Crippen molar-refractivity contribution >= 4 is 11.8 Å². The van der Waals surface area contributed by atoms with Gasteiger partial charge in [-0.15, -0.1) is 0 Å². The summed E-state index contributed by atoms with van der Waals surface area (Å²) in [5.41, 5.74) is 0.346. The average molecular weight is 355 g/mol. The minimum Gasteiger partial charge on any atom is -0.338 e. The maximum atomic E-state index is 12.6. The second kappa shape index (κ2) is 7.01. The lowest BCUT2D eigenvalue weighted by molar-refractivity contribution is -0.151. The second-order valence-corrected chi connectivity index (χ2v) is 6.68. The third kappa shape index (κ3) is 4.29. The maximum Gasteiger partial charge on any atom is 0.389 e. The molecule has 0 saturated carbocycles. The molecule has 4 heterocycles. The van der Waals surface area contributed by atoms with Crippen LogP contribution in [0.2, 0.25) is 0 Å². The lowest BCUT2D eigenvalue weighted by Gasteiger charge is -2.36. The van der Waals surface area contributed by atoms with Crippen LogP contribution in [0.25, 0.3) is 0 Å². The average Bonchev–Trinajstić information content (AvgIpc) is 2.91. The number of aromatic nitrogens is 1. The molecule has 2 unspecified atom stereocenters. The number of carbonyl (C=O) groups is 2. The zero-order valence-corrected chi connectivity index (χ0v) is 13.7. The van der Waals surface area contributed by atoms with E-state index in [1.54, 1.807) is 34.2 Å². The summed E-state index contributed by atoms with van der Waals surface area (Å²) < 4.78 is 37.1. The highest BCUT2D eigenvalue weighted by Crippen LogP contribution is 2.30. The van der Waals surface area contributed by atoms with Crippen molar-refractivity contribution in [2.24, 2.45) is 5.92 Å². The zero-order chi connectivity index (χ0) is 18.0. The van der Waals surface area contributed by atoms with Gasteiger partial charge in [0.25, 0.3) is 5.91 Å². The predicted octanol–water partition coefficient (Wildman–Crippen LogP) is 2.49. The fraction of sp³-hybridized carbons (Fsp3) is 0.588. The molecule has 5 nitrogen and oxygen atoms in total. The molecule has 1 aromatic heterocycles. The number of hydrogen-bond donors (Lipinski definition) is 0. The number of nitrogens with zero attached hydrogens (tertiary/aromatic N) is 3. The van der Waals surface area contributed by atoms with Crippen molar-refractivity contribution in [1.29, 1.82) is 0 Å². The van der Waals surface area contributed by atoms with E-state index in [0.29, 0.717) is 31.7 Å². The molecule has 3 saturated heterocycles. The van der Waals surface area contributed by atoms with Crippen LogP contribution < -0.4 is 0 Å². The summed E-state index contributed by atoms with van der Waals surface area (Å²) >= 11 is 0. The standard InChI is InChI=1S/C17H20F3N3O2/c18-17(19,20)7-6-15(24)23-10-12-4-5-13(23)11-22(9-12)16(25)14-3-1-2-8-21-14/h1-3,8,12-13H,4-7,9-11H2. The van der Waals surface area contributed by atoms with E-state index < -0.39 is 24.9 Å². The smallest absolute Gasteiger partial charge is 0.338 e. The molecule has 3 fully saturated rings. The van der Waals surface area contributed by atoms with Crippen molar-refractivity contribution in [2.45, 2.75) is 37.9 Å². The van der Waals surface area contributed by atoms with Gasteiger partial charge in [0, 0.05) is 38.3 Å². The first kappa shape index (κ1) is 17.7. The van der Waals surface area contributed by atoms with Crippen LogP contribution in [0, 0.1) is 5.92 Å². The van der Waals surface area contributed by atoms with Gasteiger partial charge in [-0.05, 0) is 30.9 Å². The van der Waals surface area contributed by atoms with E-state index in [-0.39, 0.29) is 17.9 Å². The van der Waals surface area contributed by atoms with Gasteiger partial charge in [-0.3, -0.25) is 14.6 Å². The Bertz CT molecular complexity index is 636. The van der Waals surface area contributed by atoms with Crippen molar-refractivity contribution in [2.75, 3.05) is 19.6 Å². The second-order valence-electron chi connectivity index (χ2n) is 6.68. The maximum absolute atomic E-state index is 12.6. The normalized spacial score (nSPS) is 23.5. The Morgan fingerprint density at radius 3 is 2.64 bits per heavy atom. The summed E-state index contributed by atoms with van der Waals surface area (Å²) in [6.45, 7) is 1.28. The highest BCUT2D eigenvalue weighted by molar-refractivity contribution is 5.92. The molecule has 8 heteroatoms. The van der Waals surface area contributed by atoms with Gasteiger partial charge in [0.1, 0.15) is 5.69 Å². The van der Waals surface area contributed by atoms with Gasteiger partial charge in [-0.1, -0.05) is 6.07 Å². The Hall–Kier alpha value is -2.12. The summed E-state index contributed by atoms with van der Waals surface area (Å²) in [7, 11) is 0. The first-order valence-electron chi connectivity index (χ1n) is 8.40. The first-order chi connectivity index (χ1) is 11.8. The first-order valence-corrected chi connectivity index (χ1v) is 8.40. The molecule has 0 spiro atoms. The topological polar surface area (TPSA) is 53.5 Å². The van der Waals surface area contributed by atoms with Gasteiger partial charge in [-0.2, -0.15) is 13.2 Å². The Morgan fingerprint density at radius 1 is 1.16 bits per heavy atom. The SMILES string of the molecule is O=C(c1ccccn1)N1CC2CCC(C1)N(C(=O)CCC(F)(F)F)C2. The minimum atomic E-state index is -4.33. The lowest BCUT2D eigenvalue weighted by atomic mass is 9.94. The van der Waals surface area contributed by atoms with Gasteiger partial charge in [0.05, 0.1) is 6.42 Å². The van der Waals surface area contributed by atoms with Crippen LogP contribution in [0.3, 0.4) is 0 Å². The van der Waals surface area contributed by atoms with Crippen molar-refractivity contribution < 1.29 is 22.8 Å². The molecule has 0 radical (unpaired) electrons. The lowest BCUT2D eigenvalue weighted by Crippen LogP contribution is -2.47. The van der Waals surface area contributed by atoms with Crippen LogP contribution in [0.4, 0.5) is 13.2 Å². The molecule has 3 aliphatic heterocycles. The molecule has 1 aromatic rings. The number of hydrogen-bond acceptors (Lipinski definition) is 3. The number of amides is 2. The number of pyridine rings is 1. The Balaban J connectivity index is 1.68. The van der Waals surface area contributed by atoms with Crippen LogP contribution in [0.1, 0.15) is 36.2 Å². The van der Waals surface area contributed by atoms with Gasteiger partial charge in [-0.25, -0.2) is 0 Å². The number of piperidine rings is 1. The summed E-state index contributed by atoms with van der Waals surface area (Å²) in [6.07, 6.45) is -2.82. The Morgan fingerprint density at radius 2 is 1.96 bits per heavy atom. The van der Waals surface area contributed by atoms with Crippen LogP contribution >= 0.6 is 0 Å².